The first-order valence-corrected chi connectivity index (χ1v) is 5.91. The molecule has 1 aromatic heterocycles. The molecule has 92 valence electrons. The van der Waals surface area contributed by atoms with Crippen molar-refractivity contribution in [1.29, 1.82) is 0 Å². The predicted octanol–water partition coefficient (Wildman–Crippen LogP) is 2.85. The van der Waals surface area contributed by atoms with Crippen LogP contribution in [0.5, 0.6) is 0 Å². The van der Waals surface area contributed by atoms with E-state index >= 15 is 0 Å². The average molecular weight is 226 g/mol. The second-order valence-electron chi connectivity index (χ2n) is 3.35. The molecule has 2 heterocycles. The molecule has 1 amide bonds. The van der Waals surface area contributed by atoms with E-state index in [4.69, 9.17) is 4.52 Å². The summed E-state index contributed by atoms with van der Waals surface area (Å²) in [5, 5.41) is 6.32. The van der Waals surface area contributed by atoms with Crippen molar-refractivity contribution >= 4 is 5.91 Å². The van der Waals surface area contributed by atoms with Crippen LogP contribution in [-0.2, 0) is 11.3 Å². The predicted molar refractivity (Wildman–Crippen MR) is 64.1 cm³/mol. The molecule has 0 saturated carbocycles. The zero-order valence-corrected chi connectivity index (χ0v) is 10.8. The molecular formula is C12H22N2O2. The summed E-state index contributed by atoms with van der Waals surface area (Å²) in [4.78, 5) is 11.1. The first kappa shape index (κ1) is 14.7. The fourth-order valence-corrected chi connectivity index (χ4v) is 1.22. The minimum atomic E-state index is -0.120. The number of nitrogens with one attached hydrogen (secondary N) is 1. The zero-order valence-electron chi connectivity index (χ0n) is 10.8. The normalized spacial score (nSPS) is 17.1. The highest BCUT2D eigenvalue weighted by Gasteiger charge is 2.26. The SMILES string of the molecule is CC.CC1C(=O)NCc2oncc21.CCC. The summed E-state index contributed by atoms with van der Waals surface area (Å²) in [6.07, 6.45) is 2.86. The molecule has 0 bridgehead atoms. The lowest BCUT2D eigenvalue weighted by molar-refractivity contribution is -0.123. The third kappa shape index (κ3) is 3.68. The van der Waals surface area contributed by atoms with Crippen LogP contribution in [0.4, 0.5) is 0 Å². The van der Waals surface area contributed by atoms with Gasteiger partial charge in [-0.25, -0.2) is 0 Å². The van der Waals surface area contributed by atoms with Crippen molar-refractivity contribution in [1.82, 2.24) is 10.5 Å². The smallest absolute Gasteiger partial charge is 0.227 e. The molecule has 1 aliphatic rings. The fourth-order valence-electron chi connectivity index (χ4n) is 1.22. The number of amides is 1. The highest BCUT2D eigenvalue weighted by atomic mass is 16.5. The zero-order chi connectivity index (χ0) is 12.6. The Kier molecular flexibility index (Phi) is 7.25. The average Bonchev–Trinajstić information content (AvgIpc) is 2.76. The Balaban J connectivity index is 0.000000394. The van der Waals surface area contributed by atoms with E-state index in [9.17, 15) is 4.79 Å². The van der Waals surface area contributed by atoms with E-state index in [1.165, 1.54) is 6.42 Å². The molecular weight excluding hydrogens is 204 g/mol. The second-order valence-corrected chi connectivity index (χ2v) is 3.35. The molecule has 1 atom stereocenters. The Morgan fingerprint density at radius 2 is 2.06 bits per heavy atom. The van der Waals surface area contributed by atoms with Gasteiger partial charge in [0, 0.05) is 5.56 Å². The van der Waals surface area contributed by atoms with E-state index in [1.807, 2.05) is 20.8 Å². The van der Waals surface area contributed by atoms with Gasteiger partial charge in [0.25, 0.3) is 0 Å². The van der Waals surface area contributed by atoms with Gasteiger partial charge in [0.1, 0.15) is 0 Å². The summed E-state index contributed by atoms with van der Waals surface area (Å²) in [5.41, 5.74) is 0.911. The van der Waals surface area contributed by atoms with Crippen molar-refractivity contribution in [2.24, 2.45) is 0 Å². The van der Waals surface area contributed by atoms with E-state index in [-0.39, 0.29) is 11.8 Å². The van der Waals surface area contributed by atoms with Crippen molar-refractivity contribution in [2.45, 2.75) is 53.5 Å². The molecule has 0 fully saturated rings. The highest BCUT2D eigenvalue weighted by molar-refractivity contribution is 5.84. The molecule has 4 heteroatoms. The molecule has 0 saturated heterocycles. The first-order valence-electron chi connectivity index (χ1n) is 5.91. The van der Waals surface area contributed by atoms with Gasteiger partial charge in [0.15, 0.2) is 5.76 Å². The van der Waals surface area contributed by atoms with Crippen LogP contribution in [0.15, 0.2) is 10.7 Å². The standard InChI is InChI=1S/C7H8N2O2.C3H8.C2H6/c1-4-5-2-9-11-6(5)3-8-7(4)10;1-3-2;1-2/h2,4H,3H2,1H3,(H,8,10);3H2,1-2H3;1-2H3. The molecule has 0 aromatic carbocycles. The lowest BCUT2D eigenvalue weighted by Crippen LogP contribution is -2.32. The van der Waals surface area contributed by atoms with Crippen LogP contribution >= 0.6 is 0 Å². The van der Waals surface area contributed by atoms with Crippen LogP contribution in [0.25, 0.3) is 0 Å². The summed E-state index contributed by atoms with van der Waals surface area (Å²) < 4.78 is 4.91. The van der Waals surface area contributed by atoms with Gasteiger partial charge in [-0.2, -0.15) is 0 Å². The van der Waals surface area contributed by atoms with Gasteiger partial charge in [-0.05, 0) is 6.92 Å². The minimum Gasteiger partial charge on any atom is -0.359 e. The maximum atomic E-state index is 11.1. The van der Waals surface area contributed by atoms with E-state index in [0.717, 1.165) is 11.3 Å². The number of nitrogens with zero attached hydrogens (tertiary/aromatic N) is 1. The number of hydrogen-bond acceptors (Lipinski definition) is 3. The van der Waals surface area contributed by atoms with Crippen LogP contribution in [-0.4, -0.2) is 11.1 Å². The summed E-state index contributed by atoms with van der Waals surface area (Å²) >= 11 is 0. The number of carbonyl (C=O) groups excluding carboxylic acids is 1. The Morgan fingerprint density at radius 3 is 2.62 bits per heavy atom. The molecule has 1 N–H and O–H groups in total. The lowest BCUT2D eigenvalue weighted by atomic mass is 9.98. The van der Waals surface area contributed by atoms with Gasteiger partial charge >= 0.3 is 0 Å². The van der Waals surface area contributed by atoms with Crippen molar-refractivity contribution < 1.29 is 9.32 Å². The number of aromatic nitrogens is 1. The topological polar surface area (TPSA) is 55.1 Å². The molecule has 1 aromatic rings. The Morgan fingerprint density at radius 1 is 1.50 bits per heavy atom. The quantitative estimate of drug-likeness (QED) is 0.740. The number of hydrogen-bond donors (Lipinski definition) is 1. The molecule has 0 aliphatic carbocycles. The van der Waals surface area contributed by atoms with Crippen molar-refractivity contribution in [3.05, 3.63) is 17.5 Å². The molecule has 4 nitrogen and oxygen atoms in total. The Bertz CT molecular complexity index is 308. The number of fused-ring (bicyclic) bond motifs is 1. The van der Waals surface area contributed by atoms with Gasteiger partial charge in [0.2, 0.25) is 5.91 Å². The lowest BCUT2D eigenvalue weighted by Gasteiger charge is -2.15. The third-order valence-electron chi connectivity index (χ3n) is 1.96. The van der Waals surface area contributed by atoms with Gasteiger partial charge in [0.05, 0.1) is 18.7 Å². The summed E-state index contributed by atoms with van der Waals surface area (Å²) in [6.45, 7) is 10.6. The highest BCUT2D eigenvalue weighted by Crippen LogP contribution is 2.23. The van der Waals surface area contributed by atoms with Gasteiger partial charge in [-0.1, -0.05) is 39.3 Å². The third-order valence-corrected chi connectivity index (χ3v) is 1.96. The van der Waals surface area contributed by atoms with Crippen molar-refractivity contribution in [3.63, 3.8) is 0 Å². The van der Waals surface area contributed by atoms with E-state index in [0.29, 0.717) is 6.54 Å². The van der Waals surface area contributed by atoms with Crippen LogP contribution < -0.4 is 5.32 Å². The molecule has 2 rings (SSSR count). The van der Waals surface area contributed by atoms with Gasteiger partial charge in [-0.3, -0.25) is 4.79 Å². The first-order chi connectivity index (χ1) is 7.70. The molecule has 16 heavy (non-hydrogen) atoms. The van der Waals surface area contributed by atoms with Gasteiger partial charge < -0.3 is 9.84 Å². The molecule has 1 aliphatic heterocycles. The number of carbonyl (C=O) groups is 1. The van der Waals surface area contributed by atoms with Crippen LogP contribution in [0.3, 0.4) is 0 Å². The van der Waals surface area contributed by atoms with E-state index in [2.05, 4.69) is 24.3 Å². The second kappa shape index (κ2) is 7.91. The minimum absolute atomic E-state index is 0.0423. The molecule has 0 spiro atoms. The summed E-state index contributed by atoms with van der Waals surface area (Å²) in [6, 6.07) is 0. The molecule has 1 unspecified atom stereocenters. The maximum absolute atomic E-state index is 11.1. The molecule has 0 radical (unpaired) electrons. The Hall–Kier alpha value is -1.32. The Labute approximate surface area is 97.4 Å². The van der Waals surface area contributed by atoms with Crippen molar-refractivity contribution in [2.75, 3.05) is 0 Å². The van der Waals surface area contributed by atoms with Crippen LogP contribution in [0.1, 0.15) is 58.3 Å². The summed E-state index contributed by atoms with van der Waals surface area (Å²) in [7, 11) is 0. The van der Waals surface area contributed by atoms with Crippen LogP contribution in [0.2, 0.25) is 0 Å². The van der Waals surface area contributed by atoms with Crippen molar-refractivity contribution in [3.8, 4) is 0 Å². The number of rotatable bonds is 0. The fraction of sp³-hybridized carbons (Fsp3) is 0.667. The van der Waals surface area contributed by atoms with Gasteiger partial charge in [-0.15, -0.1) is 0 Å². The largest absolute Gasteiger partial charge is 0.359 e. The summed E-state index contributed by atoms with van der Waals surface area (Å²) in [5.74, 6) is 0.697. The maximum Gasteiger partial charge on any atom is 0.227 e. The van der Waals surface area contributed by atoms with E-state index in [1.54, 1.807) is 6.20 Å². The van der Waals surface area contributed by atoms with E-state index < -0.39 is 0 Å². The monoisotopic (exact) mass is 226 g/mol. The van der Waals surface area contributed by atoms with Crippen LogP contribution in [0, 0.1) is 0 Å².